The standard InChI is InChI=1S/C15H17N3O2S/c1-2-6-13-11(5-1)19-12(9-21-13)15-17-14(20-18-15)8-10-4-3-7-16-10/h1-2,5-6,10,12,16H,3-4,7-9H2. The highest BCUT2D eigenvalue weighted by molar-refractivity contribution is 7.99. The summed E-state index contributed by atoms with van der Waals surface area (Å²) in [5.74, 6) is 3.09. The second-order valence-electron chi connectivity index (χ2n) is 5.41. The number of rotatable bonds is 3. The van der Waals surface area contributed by atoms with Gasteiger partial charge in [-0.05, 0) is 31.5 Å². The summed E-state index contributed by atoms with van der Waals surface area (Å²) in [6.45, 7) is 1.09. The first kappa shape index (κ1) is 13.2. The number of hydrogen-bond acceptors (Lipinski definition) is 6. The largest absolute Gasteiger partial charge is 0.480 e. The van der Waals surface area contributed by atoms with E-state index in [1.807, 2.05) is 18.2 Å². The van der Waals surface area contributed by atoms with Crippen LogP contribution in [0.15, 0.2) is 33.7 Å². The number of nitrogens with zero attached hydrogens (tertiary/aromatic N) is 2. The third-order valence-corrected chi connectivity index (χ3v) is 4.98. The summed E-state index contributed by atoms with van der Waals surface area (Å²) in [7, 11) is 0. The summed E-state index contributed by atoms with van der Waals surface area (Å²) in [4.78, 5) is 5.69. The summed E-state index contributed by atoms with van der Waals surface area (Å²) in [6, 6.07) is 8.54. The van der Waals surface area contributed by atoms with Crippen LogP contribution in [0, 0.1) is 0 Å². The van der Waals surface area contributed by atoms with Crippen LogP contribution in [0.2, 0.25) is 0 Å². The molecule has 6 heteroatoms. The number of aromatic nitrogens is 2. The number of benzene rings is 1. The van der Waals surface area contributed by atoms with Crippen LogP contribution >= 0.6 is 11.8 Å². The molecule has 2 aliphatic rings. The van der Waals surface area contributed by atoms with Gasteiger partial charge in [-0.15, -0.1) is 11.8 Å². The molecule has 0 radical (unpaired) electrons. The van der Waals surface area contributed by atoms with Crippen LogP contribution in [0.5, 0.6) is 5.75 Å². The number of ether oxygens (including phenoxy) is 1. The lowest BCUT2D eigenvalue weighted by Gasteiger charge is -2.22. The molecular formula is C15H17N3O2S. The molecule has 4 rings (SSSR count). The molecule has 0 bridgehead atoms. The lowest BCUT2D eigenvalue weighted by atomic mass is 10.1. The minimum atomic E-state index is -0.126. The number of nitrogens with one attached hydrogen (secondary N) is 1. The third-order valence-electron chi connectivity index (χ3n) is 3.86. The maximum Gasteiger partial charge on any atom is 0.228 e. The SMILES string of the molecule is c1ccc2c(c1)OC(c1noc(CC3CCCN3)n1)CS2. The van der Waals surface area contributed by atoms with E-state index in [0.717, 1.165) is 24.5 Å². The van der Waals surface area contributed by atoms with Gasteiger partial charge < -0.3 is 14.6 Å². The van der Waals surface area contributed by atoms with Gasteiger partial charge in [-0.1, -0.05) is 17.3 Å². The number of thioether (sulfide) groups is 1. The van der Waals surface area contributed by atoms with Gasteiger partial charge in [-0.3, -0.25) is 0 Å². The van der Waals surface area contributed by atoms with E-state index < -0.39 is 0 Å². The van der Waals surface area contributed by atoms with E-state index in [4.69, 9.17) is 9.26 Å². The fourth-order valence-electron chi connectivity index (χ4n) is 2.77. The number of para-hydroxylation sites is 1. The summed E-state index contributed by atoms with van der Waals surface area (Å²) in [5, 5.41) is 7.55. The predicted octanol–water partition coefficient (Wildman–Crippen LogP) is 2.59. The summed E-state index contributed by atoms with van der Waals surface area (Å²) in [6.07, 6.45) is 3.09. The van der Waals surface area contributed by atoms with Crippen molar-refractivity contribution in [2.75, 3.05) is 12.3 Å². The van der Waals surface area contributed by atoms with Crippen molar-refractivity contribution in [2.24, 2.45) is 0 Å². The third kappa shape index (κ3) is 2.78. The lowest BCUT2D eigenvalue weighted by Crippen LogP contribution is -2.23. The molecule has 5 nitrogen and oxygen atoms in total. The zero-order chi connectivity index (χ0) is 14.1. The summed E-state index contributed by atoms with van der Waals surface area (Å²) in [5.41, 5.74) is 0. The van der Waals surface area contributed by atoms with Crippen LogP contribution in [0.25, 0.3) is 0 Å². The van der Waals surface area contributed by atoms with Crippen LogP contribution in [-0.4, -0.2) is 28.5 Å². The van der Waals surface area contributed by atoms with E-state index >= 15 is 0 Å². The maximum absolute atomic E-state index is 5.98. The van der Waals surface area contributed by atoms with Gasteiger partial charge in [0.15, 0.2) is 6.10 Å². The average molecular weight is 303 g/mol. The van der Waals surface area contributed by atoms with E-state index in [1.165, 1.54) is 17.7 Å². The molecule has 1 saturated heterocycles. The van der Waals surface area contributed by atoms with Crippen LogP contribution < -0.4 is 10.1 Å². The number of fused-ring (bicyclic) bond motifs is 1. The summed E-state index contributed by atoms with van der Waals surface area (Å²) < 4.78 is 11.4. The van der Waals surface area contributed by atoms with Crippen molar-refractivity contribution in [2.45, 2.75) is 36.3 Å². The monoisotopic (exact) mass is 303 g/mol. The Morgan fingerprint density at radius 1 is 1.33 bits per heavy atom. The van der Waals surface area contributed by atoms with Crippen molar-refractivity contribution in [3.8, 4) is 5.75 Å². The Morgan fingerprint density at radius 2 is 2.29 bits per heavy atom. The van der Waals surface area contributed by atoms with E-state index in [2.05, 4.69) is 21.5 Å². The number of hydrogen-bond donors (Lipinski definition) is 1. The quantitative estimate of drug-likeness (QED) is 0.940. The zero-order valence-corrected chi connectivity index (χ0v) is 12.4. The van der Waals surface area contributed by atoms with Crippen molar-refractivity contribution >= 4 is 11.8 Å². The Kier molecular flexibility index (Phi) is 3.57. The molecule has 1 N–H and O–H groups in total. The topological polar surface area (TPSA) is 60.2 Å². The summed E-state index contributed by atoms with van der Waals surface area (Å²) >= 11 is 1.77. The minimum Gasteiger partial charge on any atom is -0.480 e. The van der Waals surface area contributed by atoms with Gasteiger partial charge in [0, 0.05) is 23.1 Å². The molecule has 0 spiro atoms. The van der Waals surface area contributed by atoms with Crippen molar-refractivity contribution in [3.05, 3.63) is 36.0 Å². The Bertz CT molecular complexity index is 625. The molecule has 2 aliphatic heterocycles. The van der Waals surface area contributed by atoms with E-state index in [0.29, 0.717) is 17.8 Å². The molecule has 2 aromatic rings. The maximum atomic E-state index is 5.98. The second kappa shape index (κ2) is 5.69. The fourth-order valence-corrected chi connectivity index (χ4v) is 3.75. The van der Waals surface area contributed by atoms with E-state index in [-0.39, 0.29) is 6.10 Å². The molecule has 1 fully saturated rings. The van der Waals surface area contributed by atoms with Gasteiger partial charge in [0.05, 0.1) is 0 Å². The Morgan fingerprint density at radius 3 is 3.19 bits per heavy atom. The van der Waals surface area contributed by atoms with Crippen LogP contribution in [0.4, 0.5) is 0 Å². The molecule has 110 valence electrons. The smallest absolute Gasteiger partial charge is 0.228 e. The first-order valence-corrected chi connectivity index (χ1v) is 8.31. The molecule has 0 amide bonds. The average Bonchev–Trinajstić information content (AvgIpc) is 3.19. The molecule has 1 aromatic heterocycles. The Labute approximate surface area is 127 Å². The Balaban J connectivity index is 1.46. The van der Waals surface area contributed by atoms with Gasteiger partial charge in [-0.2, -0.15) is 4.98 Å². The molecular weight excluding hydrogens is 286 g/mol. The zero-order valence-electron chi connectivity index (χ0n) is 11.6. The van der Waals surface area contributed by atoms with Gasteiger partial charge in [0.2, 0.25) is 11.7 Å². The van der Waals surface area contributed by atoms with E-state index in [9.17, 15) is 0 Å². The molecule has 1 aromatic carbocycles. The van der Waals surface area contributed by atoms with Gasteiger partial charge in [-0.25, -0.2) is 0 Å². The molecule has 0 aliphatic carbocycles. The van der Waals surface area contributed by atoms with Crippen LogP contribution in [-0.2, 0) is 6.42 Å². The molecule has 21 heavy (non-hydrogen) atoms. The molecule has 3 heterocycles. The highest BCUT2D eigenvalue weighted by atomic mass is 32.2. The molecule has 2 unspecified atom stereocenters. The van der Waals surface area contributed by atoms with Crippen molar-refractivity contribution < 1.29 is 9.26 Å². The van der Waals surface area contributed by atoms with Crippen molar-refractivity contribution in [1.82, 2.24) is 15.5 Å². The Hall–Kier alpha value is -1.53. The van der Waals surface area contributed by atoms with Gasteiger partial charge in [0.1, 0.15) is 5.75 Å². The first-order valence-electron chi connectivity index (χ1n) is 7.33. The van der Waals surface area contributed by atoms with Crippen LogP contribution in [0.1, 0.15) is 30.7 Å². The lowest BCUT2D eigenvalue weighted by molar-refractivity contribution is 0.205. The highest BCUT2D eigenvalue weighted by Gasteiger charge is 2.27. The van der Waals surface area contributed by atoms with Crippen molar-refractivity contribution in [3.63, 3.8) is 0 Å². The minimum absolute atomic E-state index is 0.126. The van der Waals surface area contributed by atoms with Gasteiger partial charge in [0.25, 0.3) is 0 Å². The molecule has 0 saturated carbocycles. The normalized spacial score (nSPS) is 24.6. The molecule has 2 atom stereocenters. The second-order valence-corrected chi connectivity index (χ2v) is 6.47. The van der Waals surface area contributed by atoms with Crippen LogP contribution in [0.3, 0.4) is 0 Å². The van der Waals surface area contributed by atoms with E-state index in [1.54, 1.807) is 11.8 Å². The highest BCUT2D eigenvalue weighted by Crippen LogP contribution is 2.39. The van der Waals surface area contributed by atoms with Gasteiger partial charge >= 0.3 is 0 Å². The van der Waals surface area contributed by atoms with Crippen molar-refractivity contribution in [1.29, 1.82) is 0 Å². The first-order chi connectivity index (χ1) is 10.4. The fraction of sp³-hybridized carbons (Fsp3) is 0.467. The predicted molar refractivity (Wildman–Crippen MR) is 79.6 cm³/mol.